The second kappa shape index (κ2) is 9.16. The number of benzene rings is 3. The van der Waals surface area contributed by atoms with Crippen LogP contribution >= 0.6 is 0 Å². The fourth-order valence-corrected chi connectivity index (χ4v) is 7.55. The van der Waals surface area contributed by atoms with E-state index in [1.165, 1.54) is 4.90 Å². The molecular formula is C29H27N3O3Si. The van der Waals surface area contributed by atoms with Crippen LogP contribution in [0, 0.1) is 0 Å². The minimum atomic E-state index is -2.18. The van der Waals surface area contributed by atoms with Crippen LogP contribution in [0.15, 0.2) is 91.1 Å². The molecule has 6 nitrogen and oxygen atoms in total. The summed E-state index contributed by atoms with van der Waals surface area (Å²) in [6.45, 7) is 6.47. The third-order valence-electron chi connectivity index (χ3n) is 6.67. The number of imide groups is 1. The first kappa shape index (κ1) is 23.6. The SMILES string of the molecule is C[Si](C)(C)C(c1ccccc1)C(C(=O)Nc1cccc2cccnc12)N1C(=O)c2ccccc2C1=O. The van der Waals surface area contributed by atoms with Crippen molar-refractivity contribution in [2.75, 3.05) is 5.32 Å². The van der Waals surface area contributed by atoms with Crippen molar-refractivity contribution in [3.8, 4) is 0 Å². The molecule has 0 radical (unpaired) electrons. The number of nitrogens with one attached hydrogen (secondary N) is 1. The van der Waals surface area contributed by atoms with E-state index in [1.54, 1.807) is 36.5 Å². The number of aromatic nitrogens is 1. The first-order valence-electron chi connectivity index (χ1n) is 11.9. The van der Waals surface area contributed by atoms with Gasteiger partial charge in [-0.3, -0.25) is 24.3 Å². The van der Waals surface area contributed by atoms with Gasteiger partial charge in [0.15, 0.2) is 0 Å². The number of pyridine rings is 1. The van der Waals surface area contributed by atoms with Crippen molar-refractivity contribution in [3.05, 3.63) is 108 Å². The molecule has 0 bridgehead atoms. The highest BCUT2D eigenvalue weighted by Crippen LogP contribution is 2.37. The second-order valence-corrected chi connectivity index (χ2v) is 15.4. The smallest absolute Gasteiger partial charge is 0.262 e. The van der Waals surface area contributed by atoms with Gasteiger partial charge in [-0.25, -0.2) is 0 Å². The van der Waals surface area contributed by atoms with Crippen LogP contribution in [0.25, 0.3) is 10.9 Å². The molecule has 0 aliphatic carbocycles. The average Bonchev–Trinajstić information content (AvgIpc) is 3.12. The maximum Gasteiger partial charge on any atom is 0.262 e. The largest absolute Gasteiger partial charge is 0.322 e. The van der Waals surface area contributed by atoms with Gasteiger partial charge >= 0.3 is 0 Å². The average molecular weight is 494 g/mol. The topological polar surface area (TPSA) is 79.4 Å². The van der Waals surface area contributed by atoms with E-state index < -0.39 is 31.8 Å². The van der Waals surface area contributed by atoms with Crippen LogP contribution in [0.5, 0.6) is 0 Å². The van der Waals surface area contributed by atoms with Gasteiger partial charge in [0.25, 0.3) is 11.8 Å². The van der Waals surface area contributed by atoms with Crippen molar-refractivity contribution in [3.63, 3.8) is 0 Å². The van der Waals surface area contributed by atoms with Crippen LogP contribution in [-0.2, 0) is 4.79 Å². The van der Waals surface area contributed by atoms with Crippen LogP contribution < -0.4 is 5.32 Å². The fourth-order valence-electron chi connectivity index (χ4n) is 5.11. The Bertz CT molecular complexity index is 1440. The molecule has 1 aromatic heterocycles. The van der Waals surface area contributed by atoms with Gasteiger partial charge in [0, 0.05) is 17.1 Å². The van der Waals surface area contributed by atoms with Gasteiger partial charge in [0.2, 0.25) is 5.91 Å². The van der Waals surface area contributed by atoms with Crippen molar-refractivity contribution >= 4 is 42.4 Å². The number of amides is 3. The maximum absolute atomic E-state index is 14.2. The Balaban J connectivity index is 1.65. The summed E-state index contributed by atoms with van der Waals surface area (Å²) in [5, 5.41) is 3.91. The molecule has 0 saturated heterocycles. The first-order valence-corrected chi connectivity index (χ1v) is 15.5. The molecule has 7 heteroatoms. The van der Waals surface area contributed by atoms with Crippen molar-refractivity contribution in [1.82, 2.24) is 9.88 Å². The van der Waals surface area contributed by atoms with Gasteiger partial charge in [0.1, 0.15) is 6.04 Å². The summed E-state index contributed by atoms with van der Waals surface area (Å²) >= 11 is 0. The van der Waals surface area contributed by atoms with E-state index in [9.17, 15) is 14.4 Å². The van der Waals surface area contributed by atoms with Crippen molar-refractivity contribution in [1.29, 1.82) is 0 Å². The van der Waals surface area contributed by atoms with Crippen molar-refractivity contribution in [2.45, 2.75) is 31.2 Å². The molecular weight excluding hydrogens is 466 g/mol. The number of rotatable bonds is 6. The molecule has 180 valence electrons. The lowest BCUT2D eigenvalue weighted by atomic mass is 10.0. The third kappa shape index (κ3) is 4.11. The molecule has 2 atom stereocenters. The Morgan fingerprint density at radius 2 is 1.42 bits per heavy atom. The monoisotopic (exact) mass is 493 g/mol. The van der Waals surface area contributed by atoms with Gasteiger partial charge in [-0.05, 0) is 29.8 Å². The zero-order chi connectivity index (χ0) is 25.4. The lowest BCUT2D eigenvalue weighted by molar-refractivity contribution is -0.120. The number of carbonyl (C=O) groups excluding carboxylic acids is 3. The standard InChI is InChI=1S/C29H27N3O3Si/c1-36(2,3)26(20-11-5-4-6-12-20)25(32-28(34)21-15-7-8-16-22(21)29(32)35)27(33)31-23-17-9-13-19-14-10-18-30-24(19)23/h4-18,25-26H,1-3H3,(H,31,33). The Morgan fingerprint density at radius 3 is 2.06 bits per heavy atom. The number of hydrogen-bond donors (Lipinski definition) is 1. The normalized spacial score (nSPS) is 15.0. The van der Waals surface area contributed by atoms with Crippen molar-refractivity contribution in [2.24, 2.45) is 0 Å². The summed E-state index contributed by atoms with van der Waals surface area (Å²) in [7, 11) is -2.18. The molecule has 0 spiro atoms. The molecule has 3 aromatic carbocycles. The summed E-state index contributed by atoms with van der Waals surface area (Å²) < 4.78 is 0. The summed E-state index contributed by atoms with van der Waals surface area (Å²) in [6, 6.07) is 24.8. The molecule has 2 heterocycles. The van der Waals surface area contributed by atoms with Crippen LogP contribution in [0.2, 0.25) is 19.6 Å². The third-order valence-corrected chi connectivity index (χ3v) is 9.19. The Labute approximate surface area is 211 Å². The predicted octanol–water partition coefficient (Wildman–Crippen LogP) is 5.50. The maximum atomic E-state index is 14.2. The lowest BCUT2D eigenvalue weighted by Gasteiger charge is -2.39. The van der Waals surface area contributed by atoms with Gasteiger partial charge in [0.05, 0.1) is 30.4 Å². The highest BCUT2D eigenvalue weighted by molar-refractivity contribution is 6.78. The molecule has 0 fully saturated rings. The van der Waals surface area contributed by atoms with Crippen LogP contribution in [-0.4, -0.2) is 41.7 Å². The van der Waals surface area contributed by atoms with Gasteiger partial charge in [-0.2, -0.15) is 0 Å². The van der Waals surface area contributed by atoms with Crippen molar-refractivity contribution < 1.29 is 14.4 Å². The van der Waals surface area contributed by atoms with E-state index in [0.29, 0.717) is 22.3 Å². The number of hydrogen-bond acceptors (Lipinski definition) is 4. The van der Waals surface area contributed by atoms with Crippen LogP contribution in [0.1, 0.15) is 31.8 Å². The highest BCUT2D eigenvalue weighted by Gasteiger charge is 2.49. The zero-order valence-electron chi connectivity index (χ0n) is 20.4. The summed E-state index contributed by atoms with van der Waals surface area (Å²) in [5.74, 6) is -1.28. The van der Waals surface area contributed by atoms with E-state index in [-0.39, 0.29) is 5.54 Å². The molecule has 36 heavy (non-hydrogen) atoms. The number of fused-ring (bicyclic) bond motifs is 2. The van der Waals surface area contributed by atoms with Gasteiger partial charge in [-0.15, -0.1) is 0 Å². The molecule has 2 unspecified atom stereocenters. The predicted molar refractivity (Wildman–Crippen MR) is 144 cm³/mol. The quantitative estimate of drug-likeness (QED) is 0.284. The van der Waals surface area contributed by atoms with Crippen LogP contribution in [0.3, 0.4) is 0 Å². The zero-order valence-corrected chi connectivity index (χ0v) is 21.4. The fraction of sp³-hybridized carbons (Fsp3) is 0.172. The van der Waals surface area contributed by atoms with Gasteiger partial charge in [-0.1, -0.05) is 80.3 Å². The number of carbonyl (C=O) groups is 3. The molecule has 0 saturated carbocycles. The summed E-state index contributed by atoms with van der Waals surface area (Å²) in [6.07, 6.45) is 1.68. The highest BCUT2D eigenvalue weighted by atomic mass is 28.3. The molecule has 1 N–H and O–H groups in total. The summed E-state index contributed by atoms with van der Waals surface area (Å²) in [5.41, 5.74) is 2.46. The van der Waals surface area contributed by atoms with E-state index >= 15 is 0 Å². The molecule has 1 aliphatic rings. The van der Waals surface area contributed by atoms with Crippen LogP contribution in [0.4, 0.5) is 5.69 Å². The second-order valence-electron chi connectivity index (χ2n) is 10.1. The Hall–Kier alpha value is -4.10. The molecule has 5 rings (SSSR count). The first-order chi connectivity index (χ1) is 17.3. The molecule has 3 amide bonds. The summed E-state index contributed by atoms with van der Waals surface area (Å²) in [4.78, 5) is 47.0. The number of para-hydroxylation sites is 1. The van der Waals surface area contributed by atoms with E-state index in [2.05, 4.69) is 29.9 Å². The minimum Gasteiger partial charge on any atom is -0.322 e. The Kier molecular flexibility index (Phi) is 6.01. The number of anilines is 1. The van der Waals surface area contributed by atoms with E-state index in [1.807, 2.05) is 54.6 Å². The molecule has 1 aliphatic heterocycles. The minimum absolute atomic E-state index is 0.328. The van der Waals surface area contributed by atoms with E-state index in [4.69, 9.17) is 0 Å². The lowest BCUT2D eigenvalue weighted by Crippen LogP contribution is -2.56. The van der Waals surface area contributed by atoms with E-state index in [0.717, 1.165) is 10.9 Å². The number of nitrogens with zero attached hydrogens (tertiary/aromatic N) is 2. The Morgan fingerprint density at radius 1 is 0.806 bits per heavy atom. The molecule has 4 aromatic rings. The van der Waals surface area contributed by atoms with Gasteiger partial charge < -0.3 is 5.32 Å².